The van der Waals surface area contributed by atoms with Crippen molar-refractivity contribution in [1.29, 1.82) is 0 Å². The number of hydrogen-bond donors (Lipinski definition) is 5. The second kappa shape index (κ2) is 13.5. The van der Waals surface area contributed by atoms with Crippen molar-refractivity contribution in [3.05, 3.63) is 98.3 Å². The van der Waals surface area contributed by atoms with Gasteiger partial charge in [-0.15, -0.1) is 0 Å². The fourth-order valence-corrected chi connectivity index (χ4v) is 5.73. The van der Waals surface area contributed by atoms with Gasteiger partial charge in [-0.05, 0) is 61.6 Å². The Labute approximate surface area is 254 Å². The first kappa shape index (κ1) is 31.1. The largest absolute Gasteiger partial charge is 0.439 e. The standard InChI is InChI=1S/C32H38N6O6/c1-32(34,42)19-43-23-12-10-22(11-13-23)38-28(14-16-33)35-27(15-17-39)26(30(38)40)18-20-6-8-21(9-7-20)24-4-2-3-5-25(24)29-36-31(41)44-37-29/h2-9,14,16,22-23,39,42H,10-13,15,17-19,33-34H2,1H3,(H,36,37,41). The van der Waals surface area contributed by atoms with Crippen molar-refractivity contribution in [2.75, 3.05) is 13.2 Å². The zero-order valence-corrected chi connectivity index (χ0v) is 24.6. The molecule has 1 atom stereocenters. The van der Waals surface area contributed by atoms with Crippen LogP contribution in [0.25, 0.3) is 28.6 Å². The zero-order valence-electron chi connectivity index (χ0n) is 24.6. The predicted octanol–water partition coefficient (Wildman–Crippen LogP) is 2.48. The predicted molar refractivity (Wildman–Crippen MR) is 165 cm³/mol. The van der Waals surface area contributed by atoms with Crippen molar-refractivity contribution in [2.24, 2.45) is 11.5 Å². The van der Waals surface area contributed by atoms with Gasteiger partial charge in [0.1, 0.15) is 11.5 Å². The molecule has 44 heavy (non-hydrogen) atoms. The Morgan fingerprint density at radius 2 is 1.82 bits per heavy atom. The number of H-pyrrole nitrogens is 1. The number of aromatic nitrogens is 4. The number of ether oxygens (including phenoxy) is 1. The van der Waals surface area contributed by atoms with Gasteiger partial charge in [-0.25, -0.2) is 9.78 Å². The minimum Gasteiger partial charge on any atom is -0.404 e. The highest BCUT2D eigenvalue weighted by Crippen LogP contribution is 2.32. The molecule has 232 valence electrons. The minimum absolute atomic E-state index is 0.0368. The number of hydrogen-bond acceptors (Lipinski definition) is 10. The Hall–Kier alpha value is -4.36. The van der Waals surface area contributed by atoms with E-state index >= 15 is 0 Å². The van der Waals surface area contributed by atoms with E-state index in [0.29, 0.717) is 55.0 Å². The number of benzene rings is 2. The summed E-state index contributed by atoms with van der Waals surface area (Å²) < 4.78 is 12.2. The molecule has 1 unspecified atom stereocenters. The van der Waals surface area contributed by atoms with Crippen LogP contribution < -0.4 is 22.8 Å². The fraction of sp³-hybridized carbons (Fsp3) is 0.375. The highest BCUT2D eigenvalue weighted by atomic mass is 16.5. The van der Waals surface area contributed by atoms with Gasteiger partial charge in [-0.2, -0.15) is 0 Å². The van der Waals surface area contributed by atoms with Gasteiger partial charge in [0.15, 0.2) is 5.82 Å². The summed E-state index contributed by atoms with van der Waals surface area (Å²) in [6.07, 6.45) is 6.28. The van der Waals surface area contributed by atoms with Crippen molar-refractivity contribution >= 4 is 6.08 Å². The summed E-state index contributed by atoms with van der Waals surface area (Å²) in [5.41, 5.74) is 14.3. The summed E-state index contributed by atoms with van der Waals surface area (Å²) in [5.74, 6) is 0.170. The average Bonchev–Trinajstić information content (AvgIpc) is 3.45. The average molecular weight is 603 g/mol. The SMILES string of the molecule is CC(N)(O)COC1CCC(n2c(C=CN)nc(CCO)c(Cc3ccc(-c4ccccc4-c4noc(=O)[nH]4)cc3)c2=O)CC1. The number of nitrogens with one attached hydrogen (secondary N) is 1. The fourth-order valence-electron chi connectivity index (χ4n) is 5.73. The van der Waals surface area contributed by atoms with Gasteiger partial charge < -0.3 is 26.4 Å². The van der Waals surface area contributed by atoms with Crippen molar-refractivity contribution in [3.63, 3.8) is 0 Å². The number of nitrogens with two attached hydrogens (primary N) is 2. The van der Waals surface area contributed by atoms with Gasteiger partial charge in [-0.3, -0.25) is 18.9 Å². The Balaban J connectivity index is 1.43. The van der Waals surface area contributed by atoms with Crippen LogP contribution in [-0.4, -0.2) is 54.9 Å². The maximum absolute atomic E-state index is 14.1. The molecule has 0 aliphatic heterocycles. The molecule has 12 nitrogen and oxygen atoms in total. The van der Waals surface area contributed by atoms with E-state index in [1.807, 2.05) is 48.5 Å². The van der Waals surface area contributed by atoms with Crippen LogP contribution in [0.4, 0.5) is 0 Å². The minimum atomic E-state index is -1.40. The molecule has 4 aromatic rings. The van der Waals surface area contributed by atoms with E-state index in [9.17, 15) is 19.8 Å². The molecule has 2 aromatic carbocycles. The van der Waals surface area contributed by atoms with E-state index in [-0.39, 0.29) is 37.3 Å². The van der Waals surface area contributed by atoms with Crippen molar-refractivity contribution in [2.45, 2.75) is 63.3 Å². The van der Waals surface area contributed by atoms with E-state index in [2.05, 4.69) is 10.1 Å². The molecular formula is C32H38N6O6. The molecule has 1 saturated carbocycles. The Morgan fingerprint density at radius 1 is 1.11 bits per heavy atom. The molecule has 1 aliphatic rings. The molecule has 1 aliphatic carbocycles. The first-order chi connectivity index (χ1) is 21.2. The van der Waals surface area contributed by atoms with Crippen molar-refractivity contribution < 1.29 is 19.5 Å². The zero-order chi connectivity index (χ0) is 31.3. The van der Waals surface area contributed by atoms with Crippen molar-refractivity contribution in [3.8, 4) is 22.5 Å². The molecule has 0 amide bonds. The number of nitrogens with zero attached hydrogens (tertiary/aromatic N) is 3. The number of aliphatic hydroxyl groups is 2. The molecule has 0 spiro atoms. The normalized spacial score (nSPS) is 18.5. The maximum atomic E-state index is 14.1. The summed E-state index contributed by atoms with van der Waals surface area (Å²) in [4.78, 5) is 33.1. The number of aromatic amines is 1. The van der Waals surface area contributed by atoms with Crippen LogP contribution >= 0.6 is 0 Å². The lowest BCUT2D eigenvalue weighted by Gasteiger charge is -2.32. The third kappa shape index (κ3) is 7.22. The molecule has 0 bridgehead atoms. The highest BCUT2D eigenvalue weighted by Gasteiger charge is 2.28. The van der Waals surface area contributed by atoms with Crippen LogP contribution in [0.5, 0.6) is 0 Å². The van der Waals surface area contributed by atoms with Gasteiger partial charge in [0.2, 0.25) is 0 Å². The Kier molecular flexibility index (Phi) is 9.55. The van der Waals surface area contributed by atoms with Crippen LogP contribution in [0, 0.1) is 0 Å². The molecule has 2 aromatic heterocycles. The van der Waals surface area contributed by atoms with Crippen LogP contribution in [0.1, 0.15) is 61.3 Å². The molecule has 7 N–H and O–H groups in total. The lowest BCUT2D eigenvalue weighted by Crippen LogP contribution is -2.42. The van der Waals surface area contributed by atoms with Gasteiger partial charge >= 0.3 is 5.76 Å². The molecule has 12 heteroatoms. The summed E-state index contributed by atoms with van der Waals surface area (Å²) >= 11 is 0. The molecule has 0 saturated heterocycles. The number of aliphatic hydroxyl groups excluding tert-OH is 1. The lowest BCUT2D eigenvalue weighted by atomic mass is 9.92. The van der Waals surface area contributed by atoms with E-state index in [1.54, 1.807) is 10.6 Å². The third-order valence-corrected chi connectivity index (χ3v) is 7.80. The summed E-state index contributed by atoms with van der Waals surface area (Å²) in [6.45, 7) is 1.39. The molecule has 1 fully saturated rings. The van der Waals surface area contributed by atoms with Gasteiger partial charge in [0, 0.05) is 36.6 Å². The van der Waals surface area contributed by atoms with Crippen molar-refractivity contribution in [1.82, 2.24) is 19.7 Å². The monoisotopic (exact) mass is 602 g/mol. The van der Waals surface area contributed by atoms with E-state index < -0.39 is 11.5 Å². The Morgan fingerprint density at radius 3 is 2.43 bits per heavy atom. The molecule has 0 radical (unpaired) electrons. The van der Waals surface area contributed by atoms with E-state index in [0.717, 1.165) is 22.3 Å². The second-order valence-corrected chi connectivity index (χ2v) is 11.4. The van der Waals surface area contributed by atoms with Crippen LogP contribution in [-0.2, 0) is 17.6 Å². The van der Waals surface area contributed by atoms with Crippen LogP contribution in [0.2, 0.25) is 0 Å². The second-order valence-electron chi connectivity index (χ2n) is 11.4. The Bertz CT molecular complexity index is 1710. The summed E-state index contributed by atoms with van der Waals surface area (Å²) in [7, 11) is 0. The van der Waals surface area contributed by atoms with E-state index in [4.69, 9.17) is 25.7 Å². The first-order valence-corrected chi connectivity index (χ1v) is 14.7. The van der Waals surface area contributed by atoms with Crippen LogP contribution in [0.15, 0.2) is 68.8 Å². The topological polar surface area (TPSA) is 196 Å². The lowest BCUT2D eigenvalue weighted by molar-refractivity contribution is -0.0714. The maximum Gasteiger partial charge on any atom is 0.439 e. The highest BCUT2D eigenvalue weighted by molar-refractivity contribution is 5.80. The van der Waals surface area contributed by atoms with E-state index in [1.165, 1.54) is 13.1 Å². The van der Waals surface area contributed by atoms with Gasteiger partial charge in [0.05, 0.1) is 18.4 Å². The quantitative estimate of drug-likeness (QED) is 0.159. The van der Waals surface area contributed by atoms with Gasteiger partial charge in [-0.1, -0.05) is 53.7 Å². The number of rotatable bonds is 11. The summed E-state index contributed by atoms with van der Waals surface area (Å²) in [5, 5.41) is 23.4. The molecule has 5 rings (SSSR count). The molecular weight excluding hydrogens is 564 g/mol. The first-order valence-electron chi connectivity index (χ1n) is 14.7. The summed E-state index contributed by atoms with van der Waals surface area (Å²) in [6, 6.07) is 15.2. The smallest absolute Gasteiger partial charge is 0.404 e. The van der Waals surface area contributed by atoms with Gasteiger partial charge in [0.25, 0.3) is 5.56 Å². The van der Waals surface area contributed by atoms with Crippen LogP contribution in [0.3, 0.4) is 0 Å². The third-order valence-electron chi connectivity index (χ3n) is 7.80. The molecule has 2 heterocycles.